The van der Waals surface area contributed by atoms with Gasteiger partial charge in [0, 0.05) is 16.9 Å². The number of ether oxygens (including phenoxy) is 1. The molecule has 1 heterocycles. The first-order valence-electron chi connectivity index (χ1n) is 8.38. The minimum atomic E-state index is -0.254. The van der Waals surface area contributed by atoms with Gasteiger partial charge in [0.15, 0.2) is 12.4 Å². The number of nitrogens with zero attached hydrogens (tertiary/aromatic N) is 2. The number of benzene rings is 2. The minimum Gasteiger partial charge on any atom is -0.471 e. The fourth-order valence-electron chi connectivity index (χ4n) is 2.42. The lowest BCUT2D eigenvalue weighted by Gasteiger charge is -2.08. The molecule has 0 aliphatic carbocycles. The summed E-state index contributed by atoms with van der Waals surface area (Å²) in [5, 5.41) is 7.79. The molecular weight excluding hydrogens is 350 g/mol. The molecular formula is C20H20ClN3O2. The highest BCUT2D eigenvalue weighted by Crippen LogP contribution is 2.21. The van der Waals surface area contributed by atoms with Crippen LogP contribution in [0, 0.1) is 6.92 Å². The Morgan fingerprint density at radius 2 is 1.96 bits per heavy atom. The van der Waals surface area contributed by atoms with Crippen molar-refractivity contribution in [2.24, 2.45) is 0 Å². The summed E-state index contributed by atoms with van der Waals surface area (Å²) < 4.78 is 7.24. The Morgan fingerprint density at radius 1 is 1.19 bits per heavy atom. The zero-order chi connectivity index (χ0) is 18.5. The van der Waals surface area contributed by atoms with Crippen molar-refractivity contribution in [2.45, 2.75) is 27.0 Å². The van der Waals surface area contributed by atoms with Crippen molar-refractivity contribution in [1.82, 2.24) is 9.78 Å². The molecule has 1 aromatic heterocycles. The van der Waals surface area contributed by atoms with Crippen LogP contribution in [-0.2, 0) is 13.2 Å². The normalized spacial score (nSPS) is 10.6. The van der Waals surface area contributed by atoms with Gasteiger partial charge in [-0.25, -0.2) is 4.68 Å². The molecule has 134 valence electrons. The van der Waals surface area contributed by atoms with Crippen LogP contribution in [0.5, 0.6) is 5.75 Å². The van der Waals surface area contributed by atoms with Crippen LogP contribution in [0.15, 0.2) is 54.7 Å². The minimum absolute atomic E-state index is 0.208. The molecule has 0 bridgehead atoms. The van der Waals surface area contributed by atoms with Crippen molar-refractivity contribution in [2.75, 3.05) is 5.32 Å². The van der Waals surface area contributed by atoms with Gasteiger partial charge < -0.3 is 10.1 Å². The average Bonchev–Trinajstić information content (AvgIpc) is 3.12. The zero-order valence-corrected chi connectivity index (χ0v) is 15.5. The monoisotopic (exact) mass is 369 g/mol. The molecule has 1 N–H and O–H groups in total. The topological polar surface area (TPSA) is 56.2 Å². The van der Waals surface area contributed by atoms with Gasteiger partial charge in [-0.3, -0.25) is 4.79 Å². The van der Waals surface area contributed by atoms with Gasteiger partial charge in [-0.1, -0.05) is 30.7 Å². The van der Waals surface area contributed by atoms with Crippen LogP contribution in [-0.4, -0.2) is 15.7 Å². The maximum atomic E-state index is 12.3. The van der Waals surface area contributed by atoms with Crippen LogP contribution in [0.4, 0.5) is 5.69 Å². The molecule has 0 saturated heterocycles. The number of hydrogen-bond acceptors (Lipinski definition) is 3. The Kier molecular flexibility index (Phi) is 5.58. The molecule has 5 nitrogen and oxygen atoms in total. The summed E-state index contributed by atoms with van der Waals surface area (Å²) in [6.45, 7) is 4.21. The number of nitrogens with one attached hydrogen (secondary N) is 1. The van der Waals surface area contributed by atoms with E-state index < -0.39 is 0 Å². The van der Waals surface area contributed by atoms with Crippen LogP contribution >= 0.6 is 11.6 Å². The fraction of sp³-hybridized carbons (Fsp3) is 0.200. The standard InChI is InChI=1S/C20H20ClN3O2/c1-3-15-4-6-16(7-5-15)22-20(25)19-10-11-24(23-19)13-26-17-8-9-18(21)14(2)12-17/h4-12H,3,13H2,1-2H3,(H,22,25). The van der Waals surface area contributed by atoms with Gasteiger partial charge in [0.1, 0.15) is 5.75 Å². The van der Waals surface area contributed by atoms with Crippen molar-refractivity contribution in [3.63, 3.8) is 0 Å². The zero-order valence-electron chi connectivity index (χ0n) is 14.7. The first-order chi connectivity index (χ1) is 12.5. The highest BCUT2D eigenvalue weighted by molar-refractivity contribution is 6.31. The fourth-order valence-corrected chi connectivity index (χ4v) is 2.54. The highest BCUT2D eigenvalue weighted by Gasteiger charge is 2.10. The SMILES string of the molecule is CCc1ccc(NC(=O)c2ccn(COc3ccc(Cl)c(C)c3)n2)cc1. The van der Waals surface area contributed by atoms with E-state index in [0.717, 1.165) is 17.7 Å². The van der Waals surface area contributed by atoms with Crippen LogP contribution in [0.25, 0.3) is 0 Å². The van der Waals surface area contributed by atoms with Crippen LogP contribution in [0.3, 0.4) is 0 Å². The van der Waals surface area contributed by atoms with Gasteiger partial charge in [0.2, 0.25) is 0 Å². The van der Waals surface area contributed by atoms with Crippen molar-refractivity contribution in [1.29, 1.82) is 0 Å². The van der Waals surface area contributed by atoms with E-state index in [1.807, 2.05) is 37.3 Å². The number of anilines is 1. The van der Waals surface area contributed by atoms with Gasteiger partial charge in [-0.2, -0.15) is 5.10 Å². The molecule has 0 saturated carbocycles. The third-order valence-corrected chi connectivity index (χ3v) is 4.41. The molecule has 0 radical (unpaired) electrons. The Labute approximate surface area is 157 Å². The summed E-state index contributed by atoms with van der Waals surface area (Å²) in [4.78, 5) is 12.3. The summed E-state index contributed by atoms with van der Waals surface area (Å²) in [5.41, 5.74) is 3.25. The Morgan fingerprint density at radius 3 is 2.65 bits per heavy atom. The number of amides is 1. The Bertz CT molecular complexity index is 904. The van der Waals surface area contributed by atoms with Gasteiger partial charge >= 0.3 is 0 Å². The second-order valence-corrected chi connectivity index (χ2v) is 6.34. The van der Waals surface area contributed by atoms with Crippen molar-refractivity contribution < 1.29 is 9.53 Å². The van der Waals surface area contributed by atoms with E-state index in [1.54, 1.807) is 29.1 Å². The van der Waals surface area contributed by atoms with Gasteiger partial charge in [0.25, 0.3) is 5.91 Å². The molecule has 0 unspecified atom stereocenters. The number of carbonyl (C=O) groups is 1. The third-order valence-electron chi connectivity index (χ3n) is 3.99. The maximum absolute atomic E-state index is 12.3. The smallest absolute Gasteiger partial charge is 0.276 e. The Balaban J connectivity index is 1.59. The van der Waals surface area contributed by atoms with Crippen LogP contribution < -0.4 is 10.1 Å². The van der Waals surface area contributed by atoms with Gasteiger partial charge in [-0.05, 0) is 60.9 Å². The van der Waals surface area contributed by atoms with E-state index >= 15 is 0 Å². The number of aromatic nitrogens is 2. The molecule has 1 amide bonds. The summed E-state index contributed by atoms with van der Waals surface area (Å²) in [6, 6.07) is 14.9. The quantitative estimate of drug-likeness (QED) is 0.685. The number of halogens is 1. The predicted octanol–water partition coefficient (Wildman–Crippen LogP) is 4.70. The summed E-state index contributed by atoms with van der Waals surface area (Å²) in [6.07, 6.45) is 2.67. The van der Waals surface area contributed by atoms with E-state index in [1.165, 1.54) is 5.56 Å². The first-order valence-corrected chi connectivity index (χ1v) is 8.75. The lowest BCUT2D eigenvalue weighted by atomic mass is 10.1. The first kappa shape index (κ1) is 18.0. The molecule has 0 aliphatic heterocycles. The average molecular weight is 370 g/mol. The predicted molar refractivity (Wildman–Crippen MR) is 103 cm³/mol. The van der Waals surface area contributed by atoms with E-state index in [-0.39, 0.29) is 12.6 Å². The van der Waals surface area contributed by atoms with Crippen LogP contribution in [0.2, 0.25) is 5.02 Å². The highest BCUT2D eigenvalue weighted by atomic mass is 35.5. The van der Waals surface area contributed by atoms with E-state index in [4.69, 9.17) is 16.3 Å². The molecule has 26 heavy (non-hydrogen) atoms. The summed E-state index contributed by atoms with van der Waals surface area (Å²) in [7, 11) is 0. The van der Waals surface area contributed by atoms with Crippen molar-refractivity contribution >= 4 is 23.2 Å². The van der Waals surface area contributed by atoms with E-state index in [2.05, 4.69) is 17.3 Å². The second kappa shape index (κ2) is 8.06. The molecule has 0 aliphatic rings. The lowest BCUT2D eigenvalue weighted by molar-refractivity contribution is 0.102. The van der Waals surface area contributed by atoms with Crippen molar-refractivity contribution in [3.05, 3.63) is 76.6 Å². The molecule has 0 spiro atoms. The Hall–Kier alpha value is -2.79. The largest absolute Gasteiger partial charge is 0.471 e. The number of aryl methyl sites for hydroxylation is 2. The van der Waals surface area contributed by atoms with Gasteiger partial charge in [0.05, 0.1) is 0 Å². The summed E-state index contributed by atoms with van der Waals surface area (Å²) >= 11 is 6.00. The van der Waals surface area contributed by atoms with Crippen molar-refractivity contribution in [3.8, 4) is 5.75 Å². The number of carbonyl (C=O) groups excluding carboxylic acids is 1. The number of rotatable bonds is 6. The maximum Gasteiger partial charge on any atom is 0.276 e. The van der Waals surface area contributed by atoms with Crippen LogP contribution in [0.1, 0.15) is 28.5 Å². The molecule has 3 aromatic rings. The molecule has 2 aromatic carbocycles. The number of hydrogen-bond donors (Lipinski definition) is 1. The molecule has 0 atom stereocenters. The second-order valence-electron chi connectivity index (χ2n) is 5.93. The third kappa shape index (κ3) is 4.43. The van der Waals surface area contributed by atoms with E-state index in [0.29, 0.717) is 16.5 Å². The summed E-state index contributed by atoms with van der Waals surface area (Å²) in [5.74, 6) is 0.444. The molecule has 3 rings (SSSR count). The lowest BCUT2D eigenvalue weighted by Crippen LogP contribution is -2.14. The van der Waals surface area contributed by atoms with E-state index in [9.17, 15) is 4.79 Å². The molecule has 6 heteroatoms. The molecule has 0 fully saturated rings. The van der Waals surface area contributed by atoms with Gasteiger partial charge in [-0.15, -0.1) is 0 Å².